The van der Waals surface area contributed by atoms with Crippen LogP contribution in [0.25, 0.3) is 0 Å². The molecule has 0 radical (unpaired) electrons. The molecule has 1 atom stereocenters. The summed E-state index contributed by atoms with van der Waals surface area (Å²) in [7, 11) is -0.743. The number of alkyl halides is 2. The highest BCUT2D eigenvalue weighted by molar-refractivity contribution is 6.48. The van der Waals surface area contributed by atoms with Crippen LogP contribution in [-0.2, 0) is 14.1 Å². The number of ether oxygens (including phenoxy) is 1. The zero-order valence-corrected chi connectivity index (χ0v) is 14.1. The Balaban J connectivity index is 2.25. The largest absolute Gasteiger partial charge is 0.481 e. The molecule has 0 spiro atoms. The lowest BCUT2D eigenvalue weighted by Crippen LogP contribution is -2.41. The van der Waals surface area contributed by atoms with Crippen molar-refractivity contribution in [1.82, 2.24) is 0 Å². The van der Waals surface area contributed by atoms with Crippen LogP contribution in [0.4, 0.5) is 8.78 Å². The molecule has 1 aromatic carbocycles. The van der Waals surface area contributed by atoms with Crippen molar-refractivity contribution >= 4 is 13.1 Å². The third-order valence-corrected chi connectivity index (χ3v) is 4.53. The lowest BCUT2D eigenvalue weighted by atomic mass is 9.66. The number of carboxylic acids is 1. The van der Waals surface area contributed by atoms with Gasteiger partial charge in [-0.05, 0) is 45.4 Å². The van der Waals surface area contributed by atoms with Gasteiger partial charge in [-0.1, -0.05) is 12.1 Å². The van der Waals surface area contributed by atoms with Crippen LogP contribution in [0.3, 0.4) is 0 Å². The van der Waals surface area contributed by atoms with Crippen LogP contribution in [0.1, 0.15) is 45.5 Å². The van der Waals surface area contributed by atoms with Crippen molar-refractivity contribution in [2.75, 3.05) is 0 Å². The molecule has 0 saturated carbocycles. The first kappa shape index (κ1) is 18.7. The van der Waals surface area contributed by atoms with E-state index in [4.69, 9.17) is 9.31 Å². The zero-order chi connectivity index (χ0) is 18.1. The van der Waals surface area contributed by atoms with E-state index in [9.17, 15) is 18.7 Å². The number of carbonyl (C=O) groups is 1. The SMILES string of the molecule is CC1(C)OB(C(CC(=O)O)c2ccc(OC(F)F)cc2)OC1(C)C. The van der Waals surface area contributed by atoms with Gasteiger partial charge in [-0.15, -0.1) is 0 Å². The minimum Gasteiger partial charge on any atom is -0.481 e. The second-order valence-electron chi connectivity index (χ2n) is 6.78. The maximum absolute atomic E-state index is 12.2. The summed E-state index contributed by atoms with van der Waals surface area (Å²) in [6, 6.07) is 5.86. The fraction of sp³-hybridized carbons (Fsp3) is 0.562. The van der Waals surface area contributed by atoms with E-state index in [1.807, 2.05) is 27.7 Å². The van der Waals surface area contributed by atoms with Crippen LogP contribution in [0.5, 0.6) is 5.75 Å². The second-order valence-corrected chi connectivity index (χ2v) is 6.78. The molecule has 1 aliphatic rings. The van der Waals surface area contributed by atoms with Gasteiger partial charge in [0.15, 0.2) is 0 Å². The van der Waals surface area contributed by atoms with Crippen molar-refractivity contribution in [2.24, 2.45) is 0 Å². The molecule has 1 aliphatic heterocycles. The van der Waals surface area contributed by atoms with Crippen LogP contribution in [-0.4, -0.2) is 36.0 Å². The van der Waals surface area contributed by atoms with E-state index in [-0.39, 0.29) is 12.2 Å². The van der Waals surface area contributed by atoms with Crippen LogP contribution < -0.4 is 4.74 Å². The minimum atomic E-state index is -2.91. The van der Waals surface area contributed by atoms with E-state index in [0.717, 1.165) is 0 Å². The highest BCUT2D eigenvalue weighted by Crippen LogP contribution is 2.41. The molecule has 132 valence electrons. The van der Waals surface area contributed by atoms with Crippen molar-refractivity contribution in [3.8, 4) is 5.75 Å². The predicted molar refractivity (Wildman–Crippen MR) is 84.1 cm³/mol. The number of halogens is 2. The van der Waals surface area contributed by atoms with Crippen LogP contribution in [0.2, 0.25) is 0 Å². The van der Waals surface area contributed by atoms with Crippen LogP contribution >= 0.6 is 0 Å². The standard InChI is InChI=1S/C16H21BF2O5/c1-15(2)16(3,4)24-17(23-15)12(9-13(20)21)10-5-7-11(8-6-10)22-14(18)19/h5-8,12,14H,9H2,1-4H3,(H,20,21). The molecule has 0 aliphatic carbocycles. The molecule has 1 saturated heterocycles. The van der Waals surface area contributed by atoms with E-state index in [1.54, 1.807) is 12.1 Å². The van der Waals surface area contributed by atoms with E-state index in [2.05, 4.69) is 4.74 Å². The van der Waals surface area contributed by atoms with Gasteiger partial charge in [0.05, 0.1) is 17.6 Å². The number of rotatable bonds is 6. The summed E-state index contributed by atoms with van der Waals surface area (Å²) in [5.74, 6) is -1.55. The summed E-state index contributed by atoms with van der Waals surface area (Å²) >= 11 is 0. The fourth-order valence-corrected chi connectivity index (χ4v) is 2.51. The van der Waals surface area contributed by atoms with Gasteiger partial charge in [-0.2, -0.15) is 8.78 Å². The minimum absolute atomic E-state index is 0.0109. The molecule has 1 heterocycles. The van der Waals surface area contributed by atoms with Crippen LogP contribution in [0.15, 0.2) is 24.3 Å². The maximum Gasteiger partial charge on any atom is 0.466 e. The van der Waals surface area contributed by atoms with Gasteiger partial charge in [-0.25, -0.2) is 0 Å². The van der Waals surface area contributed by atoms with E-state index >= 15 is 0 Å². The van der Waals surface area contributed by atoms with Gasteiger partial charge in [0.1, 0.15) is 5.75 Å². The summed E-state index contributed by atoms with van der Waals surface area (Å²) in [5.41, 5.74) is -0.558. The van der Waals surface area contributed by atoms with Crippen molar-refractivity contribution in [2.45, 2.75) is 57.7 Å². The third-order valence-electron chi connectivity index (χ3n) is 4.53. The average Bonchev–Trinajstić information content (AvgIpc) is 2.65. The Kier molecular flexibility index (Phi) is 5.20. The molecule has 1 aromatic rings. The van der Waals surface area contributed by atoms with Crippen molar-refractivity contribution in [3.05, 3.63) is 29.8 Å². The molecule has 0 amide bonds. The summed E-state index contributed by atoms with van der Waals surface area (Å²) in [4.78, 5) is 11.2. The molecule has 5 nitrogen and oxygen atoms in total. The highest BCUT2D eigenvalue weighted by Gasteiger charge is 2.54. The highest BCUT2D eigenvalue weighted by atomic mass is 19.3. The number of hydrogen-bond acceptors (Lipinski definition) is 4. The number of hydrogen-bond donors (Lipinski definition) is 1. The Morgan fingerprint density at radius 2 is 1.67 bits per heavy atom. The van der Waals surface area contributed by atoms with Gasteiger partial charge in [-0.3, -0.25) is 4.79 Å². The second kappa shape index (κ2) is 6.68. The maximum atomic E-state index is 12.2. The number of benzene rings is 1. The Morgan fingerprint density at radius 3 is 2.08 bits per heavy atom. The first-order valence-electron chi connectivity index (χ1n) is 7.64. The molecule has 1 unspecified atom stereocenters. The lowest BCUT2D eigenvalue weighted by Gasteiger charge is -2.32. The Morgan fingerprint density at radius 1 is 1.17 bits per heavy atom. The molecular formula is C16H21BF2O5. The van der Waals surface area contributed by atoms with E-state index < -0.39 is 36.7 Å². The summed E-state index contributed by atoms with van der Waals surface area (Å²) < 4.78 is 40.6. The van der Waals surface area contributed by atoms with Crippen molar-refractivity contribution in [3.63, 3.8) is 0 Å². The quantitative estimate of drug-likeness (QED) is 0.802. The van der Waals surface area contributed by atoms with Crippen LogP contribution in [0, 0.1) is 0 Å². The van der Waals surface area contributed by atoms with Gasteiger partial charge in [0.25, 0.3) is 0 Å². The summed E-state index contributed by atoms with van der Waals surface area (Å²) in [6.45, 7) is 4.61. The van der Waals surface area contributed by atoms with E-state index in [0.29, 0.717) is 5.56 Å². The average molecular weight is 342 g/mol. The normalized spacial score (nSPS) is 20.2. The molecular weight excluding hydrogens is 321 g/mol. The molecule has 1 N–H and O–H groups in total. The van der Waals surface area contributed by atoms with Crippen molar-refractivity contribution in [1.29, 1.82) is 0 Å². The summed E-state index contributed by atoms with van der Waals surface area (Å²) in [6.07, 6.45) is -0.203. The molecule has 1 fully saturated rings. The fourth-order valence-electron chi connectivity index (χ4n) is 2.51. The first-order chi connectivity index (χ1) is 11.0. The van der Waals surface area contributed by atoms with E-state index in [1.165, 1.54) is 12.1 Å². The Bertz CT molecular complexity index is 573. The van der Waals surface area contributed by atoms with Gasteiger partial charge in [0.2, 0.25) is 0 Å². The molecule has 24 heavy (non-hydrogen) atoms. The first-order valence-corrected chi connectivity index (χ1v) is 7.64. The molecule has 0 aromatic heterocycles. The molecule has 8 heteroatoms. The monoisotopic (exact) mass is 342 g/mol. The zero-order valence-electron chi connectivity index (χ0n) is 14.1. The number of aliphatic carboxylic acids is 1. The van der Waals surface area contributed by atoms with Gasteiger partial charge >= 0.3 is 19.7 Å². The molecule has 2 rings (SSSR count). The topological polar surface area (TPSA) is 65.0 Å². The summed E-state index contributed by atoms with van der Waals surface area (Å²) in [5, 5.41) is 9.20. The molecule has 0 bridgehead atoms. The van der Waals surface area contributed by atoms with Crippen molar-refractivity contribution < 1.29 is 32.7 Å². The predicted octanol–water partition coefficient (Wildman–Crippen LogP) is 3.48. The smallest absolute Gasteiger partial charge is 0.466 e. The van der Waals surface area contributed by atoms with Gasteiger partial charge < -0.3 is 19.2 Å². The lowest BCUT2D eigenvalue weighted by molar-refractivity contribution is -0.137. The van der Waals surface area contributed by atoms with Gasteiger partial charge in [0, 0.05) is 5.82 Å². The third kappa shape index (κ3) is 4.05. The Hall–Kier alpha value is -1.67. The number of carboxylic acid groups (broad SMARTS) is 1. The Labute approximate surface area is 140 Å².